The Morgan fingerprint density at radius 1 is 1.44 bits per heavy atom. The van der Waals surface area contributed by atoms with Crippen LogP contribution in [0.4, 0.5) is 0 Å². The minimum absolute atomic E-state index is 0.248. The van der Waals surface area contributed by atoms with Crippen LogP contribution in [0.15, 0.2) is 24.3 Å². The first-order chi connectivity index (χ1) is 7.54. The summed E-state index contributed by atoms with van der Waals surface area (Å²) < 4.78 is 0. The zero-order chi connectivity index (χ0) is 12.1. The molecule has 0 aromatic heterocycles. The normalized spacial score (nSPS) is 14.1. The Bertz CT molecular complexity index is 377. The second-order valence-corrected chi connectivity index (χ2v) is 4.10. The fourth-order valence-electron chi connectivity index (χ4n) is 1.54. The van der Waals surface area contributed by atoms with Gasteiger partial charge in [-0.1, -0.05) is 30.7 Å². The van der Waals surface area contributed by atoms with Crippen LogP contribution >= 0.6 is 11.6 Å². The highest BCUT2D eigenvalue weighted by atomic mass is 35.5. The second-order valence-electron chi connectivity index (χ2n) is 3.67. The first-order valence-electron chi connectivity index (χ1n) is 4.87. The SMILES string of the molecule is C[C@H](C=O)[C@@H](C[N+](=O)[O-])c1ccc(Cl)cc1. The maximum atomic E-state index is 10.7. The van der Waals surface area contributed by atoms with Gasteiger partial charge in [-0.2, -0.15) is 0 Å². The summed E-state index contributed by atoms with van der Waals surface area (Å²) in [5, 5.41) is 11.1. The van der Waals surface area contributed by atoms with E-state index in [9.17, 15) is 14.9 Å². The van der Waals surface area contributed by atoms with Gasteiger partial charge in [0.2, 0.25) is 6.54 Å². The molecule has 0 aliphatic heterocycles. The van der Waals surface area contributed by atoms with Crippen molar-refractivity contribution in [3.8, 4) is 0 Å². The number of carbonyl (C=O) groups excluding carboxylic acids is 1. The Balaban J connectivity index is 2.95. The largest absolute Gasteiger partial charge is 0.303 e. The van der Waals surface area contributed by atoms with Gasteiger partial charge in [-0.25, -0.2) is 0 Å². The van der Waals surface area contributed by atoms with Gasteiger partial charge in [0.05, 0.1) is 5.92 Å². The van der Waals surface area contributed by atoms with Crippen molar-refractivity contribution in [3.63, 3.8) is 0 Å². The van der Waals surface area contributed by atoms with Gasteiger partial charge in [0.15, 0.2) is 0 Å². The summed E-state index contributed by atoms with van der Waals surface area (Å²) in [6.45, 7) is 1.43. The molecule has 0 aliphatic rings. The van der Waals surface area contributed by atoms with Crippen LogP contribution < -0.4 is 0 Å². The Morgan fingerprint density at radius 3 is 2.44 bits per heavy atom. The van der Waals surface area contributed by atoms with E-state index in [0.29, 0.717) is 5.02 Å². The zero-order valence-electron chi connectivity index (χ0n) is 8.80. The van der Waals surface area contributed by atoms with Crippen LogP contribution in [0.2, 0.25) is 5.02 Å². The molecule has 16 heavy (non-hydrogen) atoms. The molecule has 0 bridgehead atoms. The Kier molecular flexibility index (Phi) is 4.43. The van der Waals surface area contributed by atoms with Crippen LogP contribution in [0.5, 0.6) is 0 Å². The minimum atomic E-state index is -0.403. The number of benzene rings is 1. The quantitative estimate of drug-likeness (QED) is 0.452. The van der Waals surface area contributed by atoms with Crippen molar-refractivity contribution < 1.29 is 9.72 Å². The van der Waals surface area contributed by atoms with Gasteiger partial charge >= 0.3 is 0 Å². The smallest absolute Gasteiger partial charge is 0.211 e. The number of hydrogen-bond acceptors (Lipinski definition) is 3. The topological polar surface area (TPSA) is 60.2 Å². The maximum absolute atomic E-state index is 10.7. The van der Waals surface area contributed by atoms with Crippen LogP contribution in [0.25, 0.3) is 0 Å². The Labute approximate surface area is 98.4 Å². The van der Waals surface area contributed by atoms with Gasteiger partial charge in [0, 0.05) is 15.9 Å². The lowest BCUT2D eigenvalue weighted by Gasteiger charge is -2.15. The van der Waals surface area contributed by atoms with Crippen molar-refractivity contribution in [2.75, 3.05) is 6.54 Å². The van der Waals surface area contributed by atoms with Crippen molar-refractivity contribution in [1.29, 1.82) is 0 Å². The highest BCUT2D eigenvalue weighted by Crippen LogP contribution is 2.25. The lowest BCUT2D eigenvalue weighted by Crippen LogP contribution is -2.20. The number of hydrogen-bond donors (Lipinski definition) is 0. The zero-order valence-corrected chi connectivity index (χ0v) is 9.55. The summed E-state index contributed by atoms with van der Waals surface area (Å²) in [6.07, 6.45) is 0.739. The molecule has 0 radical (unpaired) electrons. The molecule has 0 spiro atoms. The molecule has 0 aliphatic carbocycles. The summed E-state index contributed by atoms with van der Waals surface area (Å²) in [5.41, 5.74) is 0.765. The van der Waals surface area contributed by atoms with E-state index in [1.807, 2.05) is 0 Å². The number of aldehydes is 1. The molecular weight excluding hydrogens is 230 g/mol. The Hall–Kier alpha value is -1.42. The summed E-state index contributed by atoms with van der Waals surface area (Å²) in [7, 11) is 0. The summed E-state index contributed by atoms with van der Waals surface area (Å²) in [5.74, 6) is -0.781. The molecule has 1 aromatic carbocycles. The van der Waals surface area contributed by atoms with Crippen LogP contribution in [0, 0.1) is 16.0 Å². The lowest BCUT2D eigenvalue weighted by molar-refractivity contribution is -0.484. The van der Waals surface area contributed by atoms with E-state index >= 15 is 0 Å². The predicted octanol–water partition coefficient (Wildman–Crippen LogP) is 2.54. The first-order valence-corrected chi connectivity index (χ1v) is 5.25. The third-order valence-electron chi connectivity index (χ3n) is 2.49. The molecule has 4 nitrogen and oxygen atoms in total. The van der Waals surface area contributed by atoms with Crippen LogP contribution in [-0.4, -0.2) is 17.8 Å². The average molecular weight is 242 g/mol. The number of nitro groups is 1. The highest BCUT2D eigenvalue weighted by molar-refractivity contribution is 6.30. The molecule has 0 saturated carbocycles. The van der Waals surface area contributed by atoms with E-state index in [1.165, 1.54) is 0 Å². The predicted molar refractivity (Wildman–Crippen MR) is 61.3 cm³/mol. The number of rotatable bonds is 5. The average Bonchev–Trinajstić information content (AvgIpc) is 2.26. The van der Waals surface area contributed by atoms with Crippen LogP contribution in [0.1, 0.15) is 18.4 Å². The van der Waals surface area contributed by atoms with E-state index in [4.69, 9.17) is 11.6 Å². The number of nitrogens with zero attached hydrogens (tertiary/aromatic N) is 1. The summed E-state index contributed by atoms with van der Waals surface area (Å²) in [4.78, 5) is 20.8. The fourth-order valence-corrected chi connectivity index (χ4v) is 1.67. The third kappa shape index (κ3) is 3.31. The van der Waals surface area contributed by atoms with Gasteiger partial charge in [0.25, 0.3) is 0 Å². The Morgan fingerprint density at radius 2 is 2.00 bits per heavy atom. The van der Waals surface area contributed by atoms with Gasteiger partial charge in [-0.15, -0.1) is 0 Å². The number of carbonyl (C=O) groups is 1. The van der Waals surface area contributed by atoms with E-state index in [-0.39, 0.29) is 12.5 Å². The molecule has 0 N–H and O–H groups in total. The van der Waals surface area contributed by atoms with Gasteiger partial charge < -0.3 is 4.79 Å². The molecule has 0 saturated heterocycles. The summed E-state index contributed by atoms with van der Waals surface area (Å²) >= 11 is 5.73. The molecule has 2 atom stereocenters. The van der Waals surface area contributed by atoms with Crippen molar-refractivity contribution in [2.24, 2.45) is 5.92 Å². The van der Waals surface area contributed by atoms with E-state index < -0.39 is 10.8 Å². The van der Waals surface area contributed by atoms with Gasteiger partial charge in [-0.05, 0) is 17.7 Å². The molecule has 86 valence electrons. The summed E-state index contributed by atoms with van der Waals surface area (Å²) in [6, 6.07) is 6.77. The maximum Gasteiger partial charge on any atom is 0.211 e. The van der Waals surface area contributed by atoms with Gasteiger partial charge in [0.1, 0.15) is 6.29 Å². The molecule has 0 fully saturated rings. The second kappa shape index (κ2) is 5.61. The minimum Gasteiger partial charge on any atom is -0.303 e. The van der Waals surface area contributed by atoms with E-state index in [2.05, 4.69) is 0 Å². The third-order valence-corrected chi connectivity index (χ3v) is 2.75. The lowest BCUT2D eigenvalue weighted by atomic mass is 9.88. The molecule has 1 aromatic rings. The van der Waals surface area contributed by atoms with Crippen molar-refractivity contribution in [2.45, 2.75) is 12.8 Å². The van der Waals surface area contributed by atoms with Gasteiger partial charge in [-0.3, -0.25) is 10.1 Å². The molecule has 0 amide bonds. The van der Waals surface area contributed by atoms with Crippen LogP contribution in [0.3, 0.4) is 0 Å². The monoisotopic (exact) mass is 241 g/mol. The molecule has 0 heterocycles. The standard InChI is InChI=1S/C11H12ClNO3/c1-8(7-14)11(6-13(15)16)9-2-4-10(12)5-3-9/h2-5,7-8,11H,6H2,1H3/t8-,11-/m1/s1. The molecule has 5 heteroatoms. The van der Waals surface area contributed by atoms with Crippen molar-refractivity contribution >= 4 is 17.9 Å². The van der Waals surface area contributed by atoms with E-state index in [1.54, 1.807) is 31.2 Å². The highest BCUT2D eigenvalue weighted by Gasteiger charge is 2.24. The van der Waals surface area contributed by atoms with Crippen molar-refractivity contribution in [3.05, 3.63) is 45.0 Å². The first kappa shape index (κ1) is 12.6. The van der Waals surface area contributed by atoms with Crippen LogP contribution in [-0.2, 0) is 4.79 Å². The molecular formula is C11H12ClNO3. The molecule has 1 rings (SSSR count). The molecule has 0 unspecified atom stereocenters. The van der Waals surface area contributed by atoms with E-state index in [0.717, 1.165) is 11.8 Å². The fraction of sp³-hybridized carbons (Fsp3) is 0.364. The number of halogens is 1. The van der Waals surface area contributed by atoms with Crippen molar-refractivity contribution in [1.82, 2.24) is 0 Å².